The van der Waals surface area contributed by atoms with Gasteiger partial charge >= 0.3 is 0 Å². The van der Waals surface area contributed by atoms with E-state index in [1.165, 1.54) is 6.07 Å². The van der Waals surface area contributed by atoms with Crippen molar-refractivity contribution >= 4 is 17.5 Å². The summed E-state index contributed by atoms with van der Waals surface area (Å²) < 4.78 is 20.2. The van der Waals surface area contributed by atoms with Crippen molar-refractivity contribution in [3.63, 3.8) is 0 Å². The lowest BCUT2D eigenvalue weighted by atomic mass is 9.93. The van der Waals surface area contributed by atoms with Gasteiger partial charge in [0.15, 0.2) is 0 Å². The Morgan fingerprint density at radius 3 is 3.00 bits per heavy atom. The molecule has 1 N–H and O–H groups in total. The molecule has 3 atom stereocenters. The first-order chi connectivity index (χ1) is 12.6. The molecule has 0 saturated carbocycles. The van der Waals surface area contributed by atoms with Crippen molar-refractivity contribution < 1.29 is 13.9 Å². The van der Waals surface area contributed by atoms with Crippen molar-refractivity contribution in [2.24, 2.45) is 5.92 Å². The van der Waals surface area contributed by atoms with Crippen molar-refractivity contribution in [1.82, 2.24) is 10.2 Å². The lowest BCUT2D eigenvalue weighted by molar-refractivity contribution is -0.125. The highest BCUT2D eigenvalue weighted by Gasteiger charge is 2.30. The lowest BCUT2D eigenvalue weighted by Gasteiger charge is -2.38. The second-order valence-corrected chi connectivity index (χ2v) is 7.46. The summed E-state index contributed by atoms with van der Waals surface area (Å²) in [6, 6.07) is 4.42. The molecule has 1 saturated heterocycles. The standard InChI is InChI=1S/C20H26ClFN2O2/c1-14-13-24(10-11-26-14)18(19-16(21)8-5-9-17(19)22)12-23-20(25)15-6-3-2-4-7-15/h2-3,5,8-9,14-15,18H,4,6-7,10-13H2,1H3,(H,23,25). The van der Waals surface area contributed by atoms with E-state index in [2.05, 4.69) is 22.4 Å². The average molecular weight is 381 g/mol. The molecule has 4 nitrogen and oxygen atoms in total. The van der Waals surface area contributed by atoms with E-state index in [1.54, 1.807) is 12.1 Å². The highest BCUT2D eigenvalue weighted by atomic mass is 35.5. The van der Waals surface area contributed by atoms with Crippen LogP contribution in [0.25, 0.3) is 0 Å². The van der Waals surface area contributed by atoms with E-state index in [0.29, 0.717) is 36.8 Å². The Morgan fingerprint density at radius 2 is 2.31 bits per heavy atom. The summed E-state index contributed by atoms with van der Waals surface area (Å²) in [6.45, 7) is 4.29. The summed E-state index contributed by atoms with van der Waals surface area (Å²) in [4.78, 5) is 14.7. The maximum absolute atomic E-state index is 14.6. The molecule has 0 aromatic heterocycles. The SMILES string of the molecule is CC1CN(C(CNC(=O)C2CC=CCC2)c2c(F)cccc2Cl)CCO1. The van der Waals surface area contributed by atoms with Gasteiger partial charge in [0, 0.05) is 36.1 Å². The zero-order valence-corrected chi connectivity index (χ0v) is 15.8. The molecule has 1 amide bonds. The van der Waals surface area contributed by atoms with Crippen LogP contribution in [0.1, 0.15) is 37.8 Å². The summed E-state index contributed by atoms with van der Waals surface area (Å²) in [6.07, 6.45) is 6.80. The predicted octanol–water partition coefficient (Wildman–Crippen LogP) is 3.71. The Labute approximate surface area is 159 Å². The Morgan fingerprint density at radius 1 is 1.46 bits per heavy atom. The van der Waals surface area contributed by atoms with Crippen LogP contribution in [0.2, 0.25) is 5.02 Å². The highest BCUT2D eigenvalue weighted by molar-refractivity contribution is 6.31. The minimum atomic E-state index is -0.337. The largest absolute Gasteiger partial charge is 0.376 e. The molecule has 6 heteroatoms. The van der Waals surface area contributed by atoms with Crippen molar-refractivity contribution in [2.75, 3.05) is 26.2 Å². The number of hydrogen-bond acceptors (Lipinski definition) is 3. The third kappa shape index (κ3) is 4.64. The molecule has 26 heavy (non-hydrogen) atoms. The fourth-order valence-electron chi connectivity index (χ4n) is 3.74. The smallest absolute Gasteiger partial charge is 0.223 e. The van der Waals surface area contributed by atoms with Crippen molar-refractivity contribution in [3.05, 3.63) is 46.8 Å². The number of morpholine rings is 1. The molecule has 1 aromatic carbocycles. The second-order valence-electron chi connectivity index (χ2n) is 7.05. The Balaban J connectivity index is 1.76. The van der Waals surface area contributed by atoms with Gasteiger partial charge in [0.2, 0.25) is 5.91 Å². The Kier molecular flexibility index (Phi) is 6.68. The first kappa shape index (κ1) is 19.3. The summed E-state index contributed by atoms with van der Waals surface area (Å²) >= 11 is 6.32. The molecular formula is C20H26ClFN2O2. The van der Waals surface area contributed by atoms with Crippen LogP contribution >= 0.6 is 11.6 Å². The zero-order valence-electron chi connectivity index (χ0n) is 15.1. The second kappa shape index (κ2) is 8.98. The molecule has 1 aliphatic carbocycles. The number of allylic oxidation sites excluding steroid dienone is 2. The Hall–Kier alpha value is -1.43. The molecule has 1 aliphatic heterocycles. The first-order valence-corrected chi connectivity index (χ1v) is 9.66. The highest BCUT2D eigenvalue weighted by Crippen LogP contribution is 2.31. The lowest BCUT2D eigenvalue weighted by Crippen LogP contribution is -2.47. The van der Waals surface area contributed by atoms with Crippen LogP contribution < -0.4 is 5.32 Å². The van der Waals surface area contributed by atoms with Gasteiger partial charge in [0.1, 0.15) is 5.82 Å². The topological polar surface area (TPSA) is 41.6 Å². The third-order valence-electron chi connectivity index (χ3n) is 5.16. The monoisotopic (exact) mass is 380 g/mol. The van der Waals surface area contributed by atoms with E-state index < -0.39 is 0 Å². The fourth-order valence-corrected chi connectivity index (χ4v) is 4.03. The molecule has 3 unspecified atom stereocenters. The van der Waals surface area contributed by atoms with Gasteiger partial charge in [-0.2, -0.15) is 0 Å². The number of carbonyl (C=O) groups is 1. The number of amides is 1. The first-order valence-electron chi connectivity index (χ1n) is 9.28. The summed E-state index contributed by atoms with van der Waals surface area (Å²) in [5.74, 6) is -0.301. The number of nitrogens with zero attached hydrogens (tertiary/aromatic N) is 1. The predicted molar refractivity (Wildman–Crippen MR) is 101 cm³/mol. The number of benzene rings is 1. The molecule has 1 heterocycles. The zero-order chi connectivity index (χ0) is 18.5. The number of ether oxygens (including phenoxy) is 1. The molecule has 1 aromatic rings. The van der Waals surface area contributed by atoms with Gasteiger partial charge in [0.25, 0.3) is 0 Å². The van der Waals surface area contributed by atoms with E-state index in [0.717, 1.165) is 19.3 Å². The molecule has 2 aliphatic rings. The van der Waals surface area contributed by atoms with Gasteiger partial charge < -0.3 is 10.1 Å². The van der Waals surface area contributed by atoms with Gasteiger partial charge in [-0.15, -0.1) is 0 Å². The van der Waals surface area contributed by atoms with E-state index in [-0.39, 0.29) is 29.8 Å². The van der Waals surface area contributed by atoms with Crippen LogP contribution in [0.5, 0.6) is 0 Å². The fraction of sp³-hybridized carbons (Fsp3) is 0.550. The van der Waals surface area contributed by atoms with Crippen LogP contribution in [0, 0.1) is 11.7 Å². The third-order valence-corrected chi connectivity index (χ3v) is 5.49. The summed E-state index contributed by atoms with van der Waals surface area (Å²) in [5.41, 5.74) is 0.451. The molecule has 3 rings (SSSR count). The number of carbonyl (C=O) groups excluding carboxylic acids is 1. The quantitative estimate of drug-likeness (QED) is 0.792. The molecule has 0 spiro atoms. The summed E-state index contributed by atoms with van der Waals surface area (Å²) in [7, 11) is 0. The van der Waals surface area contributed by atoms with Gasteiger partial charge in [-0.1, -0.05) is 29.8 Å². The van der Waals surface area contributed by atoms with E-state index in [1.807, 2.05) is 6.92 Å². The molecular weight excluding hydrogens is 355 g/mol. The maximum Gasteiger partial charge on any atom is 0.223 e. The Bertz CT molecular complexity index is 647. The van der Waals surface area contributed by atoms with E-state index >= 15 is 0 Å². The van der Waals surface area contributed by atoms with Crippen LogP contribution in [0.15, 0.2) is 30.4 Å². The normalized spacial score (nSPS) is 25.0. The van der Waals surface area contributed by atoms with Crippen LogP contribution in [0.3, 0.4) is 0 Å². The van der Waals surface area contributed by atoms with E-state index in [4.69, 9.17) is 16.3 Å². The molecule has 0 radical (unpaired) electrons. The number of hydrogen-bond donors (Lipinski definition) is 1. The number of halogens is 2. The summed E-state index contributed by atoms with van der Waals surface area (Å²) in [5, 5.41) is 3.43. The van der Waals surface area contributed by atoms with Gasteiger partial charge in [-0.3, -0.25) is 9.69 Å². The van der Waals surface area contributed by atoms with Gasteiger partial charge in [-0.25, -0.2) is 4.39 Å². The maximum atomic E-state index is 14.6. The van der Waals surface area contributed by atoms with Crippen molar-refractivity contribution in [1.29, 1.82) is 0 Å². The van der Waals surface area contributed by atoms with Gasteiger partial charge in [0.05, 0.1) is 18.8 Å². The number of rotatable bonds is 5. The van der Waals surface area contributed by atoms with Crippen LogP contribution in [-0.4, -0.2) is 43.2 Å². The molecule has 0 bridgehead atoms. The van der Waals surface area contributed by atoms with Gasteiger partial charge in [-0.05, 0) is 38.3 Å². The van der Waals surface area contributed by atoms with E-state index in [9.17, 15) is 9.18 Å². The van der Waals surface area contributed by atoms with Crippen LogP contribution in [0.4, 0.5) is 4.39 Å². The minimum Gasteiger partial charge on any atom is -0.376 e. The molecule has 1 fully saturated rings. The van der Waals surface area contributed by atoms with Crippen LogP contribution in [-0.2, 0) is 9.53 Å². The van der Waals surface area contributed by atoms with Crippen molar-refractivity contribution in [2.45, 2.75) is 38.3 Å². The average Bonchev–Trinajstić information content (AvgIpc) is 2.64. The number of nitrogens with one attached hydrogen (secondary N) is 1. The minimum absolute atomic E-state index is 0.000329. The van der Waals surface area contributed by atoms with Crippen molar-refractivity contribution in [3.8, 4) is 0 Å². The molecule has 142 valence electrons.